The predicted molar refractivity (Wildman–Crippen MR) is 52.4 cm³/mol. The highest BCUT2D eigenvalue weighted by molar-refractivity contribution is 6.29. The van der Waals surface area contributed by atoms with Crippen LogP contribution in [0.1, 0.15) is 12.6 Å². The fourth-order valence-electron chi connectivity index (χ4n) is 1.25. The molecule has 0 atom stereocenters. The van der Waals surface area contributed by atoms with Gasteiger partial charge in [-0.15, -0.1) is 0 Å². The first kappa shape index (κ1) is 9.15. The Morgan fingerprint density at radius 3 is 3.07 bits per heavy atom. The minimum absolute atomic E-state index is 0.0829. The fraction of sp³-hybridized carbons (Fsp3) is 0.222. The van der Waals surface area contributed by atoms with Crippen molar-refractivity contribution in [1.29, 1.82) is 0 Å². The van der Waals surface area contributed by atoms with Gasteiger partial charge in [0.1, 0.15) is 10.9 Å². The molecule has 5 heteroatoms. The van der Waals surface area contributed by atoms with Crippen LogP contribution in [-0.4, -0.2) is 20.4 Å². The van der Waals surface area contributed by atoms with E-state index in [9.17, 15) is 4.79 Å². The molecule has 2 aromatic rings. The van der Waals surface area contributed by atoms with Crippen LogP contribution in [0.3, 0.4) is 0 Å². The van der Waals surface area contributed by atoms with Crippen LogP contribution in [0.15, 0.2) is 18.3 Å². The molecule has 0 radical (unpaired) electrons. The summed E-state index contributed by atoms with van der Waals surface area (Å²) in [6.07, 6.45) is 2.05. The van der Waals surface area contributed by atoms with E-state index in [1.807, 2.05) is 0 Å². The smallest absolute Gasteiger partial charge is 0.153 e. The van der Waals surface area contributed by atoms with Crippen LogP contribution in [0.4, 0.5) is 0 Å². The van der Waals surface area contributed by atoms with E-state index >= 15 is 0 Å². The van der Waals surface area contributed by atoms with Crippen LogP contribution in [0.2, 0.25) is 5.15 Å². The molecule has 2 heterocycles. The lowest BCUT2D eigenvalue weighted by Gasteiger charge is -1.90. The van der Waals surface area contributed by atoms with Gasteiger partial charge < -0.3 is 0 Å². The Bertz CT molecular complexity index is 492. The molecule has 0 aliphatic carbocycles. The first-order chi connectivity index (χ1) is 6.65. The molecule has 0 aliphatic heterocycles. The minimum Gasteiger partial charge on any atom is -0.300 e. The van der Waals surface area contributed by atoms with Crippen LogP contribution < -0.4 is 0 Å². The summed E-state index contributed by atoms with van der Waals surface area (Å²) in [6, 6.07) is 3.43. The molecule has 0 unspecified atom stereocenters. The van der Waals surface area contributed by atoms with E-state index in [-0.39, 0.29) is 5.78 Å². The summed E-state index contributed by atoms with van der Waals surface area (Å²) >= 11 is 5.71. The second-order valence-electron chi connectivity index (χ2n) is 3.07. The third kappa shape index (κ3) is 1.75. The molecule has 0 bridgehead atoms. The highest BCUT2D eigenvalue weighted by Crippen LogP contribution is 2.08. The normalized spacial score (nSPS) is 10.7. The number of carbonyl (C=O) groups is 1. The number of fused-ring (bicyclic) bond motifs is 1. The zero-order valence-electron chi connectivity index (χ0n) is 7.57. The van der Waals surface area contributed by atoms with E-state index in [1.165, 1.54) is 6.92 Å². The number of hydrogen-bond acceptors (Lipinski definition) is 3. The maximum absolute atomic E-state index is 10.9. The molecule has 0 saturated heterocycles. The molecule has 0 amide bonds. The van der Waals surface area contributed by atoms with Gasteiger partial charge in [-0.1, -0.05) is 11.6 Å². The number of aromatic nitrogens is 3. The molecule has 14 heavy (non-hydrogen) atoms. The van der Waals surface area contributed by atoms with Gasteiger partial charge in [-0.2, -0.15) is 5.10 Å². The van der Waals surface area contributed by atoms with Crippen molar-refractivity contribution in [2.75, 3.05) is 0 Å². The summed E-state index contributed by atoms with van der Waals surface area (Å²) < 4.78 is 1.57. The molecule has 0 aliphatic rings. The van der Waals surface area contributed by atoms with E-state index < -0.39 is 0 Å². The number of Topliss-reactive ketones (excluding diaryl/α,β-unsaturated/α-hetero) is 1. The summed E-state index contributed by atoms with van der Waals surface area (Å²) in [7, 11) is 0. The van der Waals surface area contributed by atoms with Gasteiger partial charge in [-0.3, -0.25) is 4.79 Å². The predicted octanol–water partition coefficient (Wildman–Crippen LogP) is 1.51. The third-order valence-corrected chi connectivity index (χ3v) is 1.97. The topological polar surface area (TPSA) is 47.3 Å². The number of hydrogen-bond donors (Lipinski definition) is 0. The fourth-order valence-corrected chi connectivity index (χ4v) is 1.39. The van der Waals surface area contributed by atoms with E-state index in [0.29, 0.717) is 22.9 Å². The van der Waals surface area contributed by atoms with Gasteiger partial charge in [0.2, 0.25) is 0 Å². The number of carbonyl (C=O) groups excluding carboxylic acids is 1. The minimum atomic E-state index is 0.0829. The van der Waals surface area contributed by atoms with Gasteiger partial charge in [-0.25, -0.2) is 9.50 Å². The molecule has 72 valence electrons. The Balaban J connectivity index is 2.46. The van der Waals surface area contributed by atoms with Crippen LogP contribution in [0.5, 0.6) is 0 Å². The van der Waals surface area contributed by atoms with Gasteiger partial charge in [0.25, 0.3) is 0 Å². The van der Waals surface area contributed by atoms with Crippen LogP contribution in [-0.2, 0) is 11.2 Å². The average molecular weight is 210 g/mol. The van der Waals surface area contributed by atoms with Crippen molar-refractivity contribution in [2.24, 2.45) is 0 Å². The first-order valence-electron chi connectivity index (χ1n) is 4.15. The second-order valence-corrected chi connectivity index (χ2v) is 3.46. The van der Waals surface area contributed by atoms with Crippen molar-refractivity contribution in [3.05, 3.63) is 29.2 Å². The SMILES string of the molecule is CC(=O)Cc1cn2nc(Cl)ccc2n1. The van der Waals surface area contributed by atoms with E-state index in [1.54, 1.807) is 22.8 Å². The van der Waals surface area contributed by atoms with Crippen molar-refractivity contribution in [3.63, 3.8) is 0 Å². The Hall–Kier alpha value is -1.42. The highest BCUT2D eigenvalue weighted by Gasteiger charge is 2.04. The second kappa shape index (κ2) is 3.38. The maximum Gasteiger partial charge on any atom is 0.153 e. The number of nitrogens with zero attached hydrogens (tertiary/aromatic N) is 3. The number of ketones is 1. The number of halogens is 1. The van der Waals surface area contributed by atoms with Crippen molar-refractivity contribution >= 4 is 23.0 Å². The zero-order valence-corrected chi connectivity index (χ0v) is 8.32. The molecule has 0 aromatic carbocycles. The van der Waals surface area contributed by atoms with Gasteiger partial charge in [0, 0.05) is 0 Å². The third-order valence-electron chi connectivity index (χ3n) is 1.77. The Kier molecular flexibility index (Phi) is 2.21. The van der Waals surface area contributed by atoms with Crippen molar-refractivity contribution in [1.82, 2.24) is 14.6 Å². The van der Waals surface area contributed by atoms with E-state index in [2.05, 4.69) is 10.1 Å². The van der Waals surface area contributed by atoms with Crippen molar-refractivity contribution in [3.8, 4) is 0 Å². The monoisotopic (exact) mass is 209 g/mol. The van der Waals surface area contributed by atoms with Gasteiger partial charge in [0.15, 0.2) is 5.65 Å². The Labute approximate surface area is 85.5 Å². The Morgan fingerprint density at radius 2 is 2.36 bits per heavy atom. The standard InChI is InChI=1S/C9H8ClN3O/c1-6(14)4-7-5-13-9(11-7)3-2-8(10)12-13/h2-3,5H,4H2,1H3. The quantitative estimate of drug-likeness (QED) is 0.754. The molecule has 0 fully saturated rings. The number of imidazole rings is 1. The van der Waals surface area contributed by atoms with Crippen molar-refractivity contribution < 1.29 is 4.79 Å². The lowest BCUT2D eigenvalue weighted by molar-refractivity contribution is -0.116. The van der Waals surface area contributed by atoms with Crippen LogP contribution in [0, 0.1) is 0 Å². The van der Waals surface area contributed by atoms with Crippen molar-refractivity contribution in [2.45, 2.75) is 13.3 Å². The molecule has 0 spiro atoms. The molecule has 0 N–H and O–H groups in total. The van der Waals surface area contributed by atoms with Gasteiger partial charge in [0.05, 0.1) is 18.3 Å². The Morgan fingerprint density at radius 1 is 1.57 bits per heavy atom. The molecule has 2 rings (SSSR count). The summed E-state index contributed by atoms with van der Waals surface area (Å²) in [5, 5.41) is 4.42. The van der Waals surface area contributed by atoms with Crippen LogP contribution >= 0.6 is 11.6 Å². The molecule has 2 aromatic heterocycles. The molecule has 4 nitrogen and oxygen atoms in total. The van der Waals surface area contributed by atoms with Gasteiger partial charge >= 0.3 is 0 Å². The van der Waals surface area contributed by atoms with E-state index in [4.69, 9.17) is 11.6 Å². The summed E-state index contributed by atoms with van der Waals surface area (Å²) in [5.41, 5.74) is 1.41. The lowest BCUT2D eigenvalue weighted by Crippen LogP contribution is -1.95. The molecule has 0 saturated carbocycles. The lowest BCUT2D eigenvalue weighted by atomic mass is 10.2. The van der Waals surface area contributed by atoms with Gasteiger partial charge in [-0.05, 0) is 19.1 Å². The average Bonchev–Trinajstić information content (AvgIpc) is 2.44. The maximum atomic E-state index is 10.9. The zero-order chi connectivity index (χ0) is 10.1. The molecular weight excluding hydrogens is 202 g/mol. The van der Waals surface area contributed by atoms with E-state index in [0.717, 1.165) is 0 Å². The summed E-state index contributed by atoms with van der Waals surface area (Å²) in [5.74, 6) is 0.0829. The number of rotatable bonds is 2. The van der Waals surface area contributed by atoms with Crippen LogP contribution in [0.25, 0.3) is 5.65 Å². The summed E-state index contributed by atoms with van der Waals surface area (Å²) in [4.78, 5) is 15.1. The highest BCUT2D eigenvalue weighted by atomic mass is 35.5. The summed E-state index contributed by atoms with van der Waals surface area (Å²) in [6.45, 7) is 1.53. The molecular formula is C9H8ClN3O. The first-order valence-corrected chi connectivity index (χ1v) is 4.53. The largest absolute Gasteiger partial charge is 0.300 e.